The van der Waals surface area contributed by atoms with Gasteiger partial charge in [0, 0.05) is 13.0 Å². The maximum absolute atomic E-state index is 12.9. The van der Waals surface area contributed by atoms with Crippen molar-refractivity contribution in [3.63, 3.8) is 0 Å². The number of aliphatic hydroxyl groups is 5. The third kappa shape index (κ3) is 35.2. The number of hydrogen-bond acceptors (Lipinski definition) is 11. The highest BCUT2D eigenvalue weighted by molar-refractivity contribution is 7.47. The lowest BCUT2D eigenvalue weighted by Gasteiger charge is -2.41. The summed E-state index contributed by atoms with van der Waals surface area (Å²) < 4.78 is 34.4. The molecule has 6 N–H and O–H groups in total. The second-order valence-corrected chi connectivity index (χ2v) is 20.9. The lowest BCUT2D eigenvalue weighted by molar-refractivity contribution is -0.220. The molecule has 0 aromatic rings. The van der Waals surface area contributed by atoms with Gasteiger partial charge in [-0.1, -0.05) is 245 Å². The first-order valence-corrected chi connectivity index (χ1v) is 28.9. The Morgan fingerprint density at radius 1 is 0.431 bits per heavy atom. The van der Waals surface area contributed by atoms with Crippen LogP contribution >= 0.6 is 7.82 Å². The van der Waals surface area contributed by atoms with Crippen LogP contribution in [0.3, 0.4) is 0 Å². The lowest BCUT2D eigenvalue weighted by atomic mass is 9.85. The molecule has 1 aliphatic carbocycles. The maximum atomic E-state index is 12.9. The highest BCUT2D eigenvalue weighted by Gasteiger charge is 2.51. The molecule has 0 aliphatic heterocycles. The van der Waals surface area contributed by atoms with Crippen LogP contribution in [0.2, 0.25) is 0 Å². The number of esters is 1. The number of carbonyl (C=O) groups excluding carboxylic acids is 1. The van der Waals surface area contributed by atoms with Crippen LogP contribution in [0.15, 0.2) is 0 Å². The number of phosphoric ester groups is 1. The molecular weight excluding hydrogens is 848 g/mol. The Balaban J connectivity index is 2.28. The third-order valence-electron chi connectivity index (χ3n) is 13.2. The van der Waals surface area contributed by atoms with E-state index in [0.717, 1.165) is 38.5 Å². The van der Waals surface area contributed by atoms with Crippen LogP contribution in [0, 0.1) is 0 Å². The summed E-state index contributed by atoms with van der Waals surface area (Å²) in [5.41, 5.74) is 0. The van der Waals surface area contributed by atoms with Crippen molar-refractivity contribution in [2.45, 2.75) is 307 Å². The Hall–Kier alpha value is -0.660. The Morgan fingerprint density at radius 2 is 0.723 bits per heavy atom. The third-order valence-corrected chi connectivity index (χ3v) is 14.2. The molecule has 1 saturated carbocycles. The van der Waals surface area contributed by atoms with Crippen LogP contribution in [0.1, 0.15) is 264 Å². The second kappa shape index (κ2) is 43.4. The predicted octanol–water partition coefficient (Wildman–Crippen LogP) is 12.5. The normalized spacial score (nSPS) is 21.4. The number of hydrogen-bond donors (Lipinski definition) is 6. The van der Waals surface area contributed by atoms with Crippen molar-refractivity contribution >= 4 is 13.8 Å². The number of unbranched alkanes of at least 4 members (excludes halogenated alkanes) is 36. The van der Waals surface area contributed by atoms with Crippen molar-refractivity contribution in [1.29, 1.82) is 0 Å². The van der Waals surface area contributed by atoms with E-state index >= 15 is 0 Å². The molecule has 0 heterocycles. The van der Waals surface area contributed by atoms with E-state index in [2.05, 4.69) is 13.8 Å². The summed E-state index contributed by atoms with van der Waals surface area (Å²) in [5, 5.41) is 50.3. The Bertz CT molecular complexity index is 1080. The molecule has 388 valence electrons. The smallest absolute Gasteiger partial charge is 0.457 e. The highest BCUT2D eigenvalue weighted by atomic mass is 31.2. The number of aliphatic hydroxyl groups excluding tert-OH is 5. The molecule has 0 saturated heterocycles. The van der Waals surface area contributed by atoms with Gasteiger partial charge < -0.3 is 39.9 Å². The van der Waals surface area contributed by atoms with Gasteiger partial charge in [-0.2, -0.15) is 0 Å². The van der Waals surface area contributed by atoms with Gasteiger partial charge in [-0.15, -0.1) is 0 Å². The second-order valence-electron chi connectivity index (χ2n) is 19.5. The van der Waals surface area contributed by atoms with E-state index in [-0.39, 0.29) is 13.0 Å². The zero-order valence-corrected chi connectivity index (χ0v) is 42.7. The van der Waals surface area contributed by atoms with Crippen molar-refractivity contribution in [2.24, 2.45) is 0 Å². The molecule has 0 spiro atoms. The standard InChI is InChI=1S/C52H103O12P/c1-3-5-7-9-11-13-15-17-19-21-22-23-24-25-26-28-30-32-34-36-38-40-42-61-43-45(44-62-65(59,60)64-52-50(57)48(55)47(54)49(56)51(52)58)63-46(53)41-39-37-35-33-31-29-27-20-18-16-14-12-10-8-6-4-2/h45,47-52,54-58H,3-44H2,1-2H3,(H,59,60). The summed E-state index contributed by atoms with van der Waals surface area (Å²) in [6.45, 7) is 4.33. The largest absolute Gasteiger partial charge is 0.472 e. The van der Waals surface area contributed by atoms with Crippen LogP contribution < -0.4 is 0 Å². The van der Waals surface area contributed by atoms with Crippen LogP contribution in [0.4, 0.5) is 0 Å². The molecule has 1 rings (SSSR count). The van der Waals surface area contributed by atoms with E-state index in [0.29, 0.717) is 13.0 Å². The summed E-state index contributed by atoms with van der Waals surface area (Å²) in [6.07, 6.45) is 36.0. The van der Waals surface area contributed by atoms with Crippen LogP contribution in [0.25, 0.3) is 0 Å². The van der Waals surface area contributed by atoms with Gasteiger partial charge in [-0.05, 0) is 12.8 Å². The van der Waals surface area contributed by atoms with Crippen molar-refractivity contribution in [3.05, 3.63) is 0 Å². The monoisotopic (exact) mass is 951 g/mol. The van der Waals surface area contributed by atoms with Gasteiger partial charge in [0.25, 0.3) is 0 Å². The molecule has 6 atom stereocenters. The first-order chi connectivity index (χ1) is 31.5. The van der Waals surface area contributed by atoms with E-state index in [1.807, 2.05) is 0 Å². The summed E-state index contributed by atoms with van der Waals surface area (Å²) in [5.74, 6) is -0.469. The van der Waals surface area contributed by atoms with Gasteiger partial charge in [0.1, 0.15) is 42.7 Å². The molecule has 1 fully saturated rings. The zero-order valence-electron chi connectivity index (χ0n) is 41.8. The fourth-order valence-corrected chi connectivity index (χ4v) is 9.86. The van der Waals surface area contributed by atoms with Gasteiger partial charge in [-0.3, -0.25) is 13.8 Å². The number of ether oxygens (including phenoxy) is 2. The summed E-state index contributed by atoms with van der Waals surface area (Å²) in [4.78, 5) is 23.3. The van der Waals surface area contributed by atoms with E-state index in [4.69, 9.17) is 18.5 Å². The number of phosphoric acid groups is 1. The van der Waals surface area contributed by atoms with E-state index in [9.17, 15) is 39.8 Å². The van der Waals surface area contributed by atoms with Crippen LogP contribution in [0.5, 0.6) is 0 Å². The quantitative estimate of drug-likeness (QED) is 0.0192. The number of rotatable bonds is 48. The Labute approximate surface area is 397 Å². The van der Waals surface area contributed by atoms with E-state index < -0.39 is 63.1 Å². The molecule has 0 amide bonds. The SMILES string of the molecule is CCCCCCCCCCCCCCCCCCCCCCCCOCC(COP(=O)(O)OC1C(O)C(O)C(O)C(O)C1O)OC(=O)CCCCCCCCCCCCCCCCCC. The molecule has 13 heteroatoms. The lowest BCUT2D eigenvalue weighted by Crippen LogP contribution is -2.64. The van der Waals surface area contributed by atoms with Gasteiger partial charge in [-0.25, -0.2) is 4.57 Å². The van der Waals surface area contributed by atoms with Crippen molar-refractivity contribution in [3.8, 4) is 0 Å². The van der Waals surface area contributed by atoms with E-state index in [1.165, 1.54) is 199 Å². The molecule has 12 nitrogen and oxygen atoms in total. The van der Waals surface area contributed by atoms with Gasteiger partial charge >= 0.3 is 13.8 Å². The fraction of sp³-hybridized carbons (Fsp3) is 0.981. The van der Waals surface area contributed by atoms with Gasteiger partial charge in [0.2, 0.25) is 0 Å². The number of carbonyl (C=O) groups is 1. The Kier molecular flexibility index (Phi) is 41.6. The molecule has 0 aromatic heterocycles. The highest BCUT2D eigenvalue weighted by Crippen LogP contribution is 2.47. The van der Waals surface area contributed by atoms with Gasteiger partial charge in [0.05, 0.1) is 13.2 Å². The van der Waals surface area contributed by atoms with Crippen molar-refractivity contribution in [2.75, 3.05) is 19.8 Å². The predicted molar refractivity (Wildman–Crippen MR) is 263 cm³/mol. The van der Waals surface area contributed by atoms with Gasteiger partial charge in [0.15, 0.2) is 0 Å². The van der Waals surface area contributed by atoms with Crippen molar-refractivity contribution in [1.82, 2.24) is 0 Å². The maximum Gasteiger partial charge on any atom is 0.472 e. The molecule has 0 radical (unpaired) electrons. The summed E-state index contributed by atoms with van der Waals surface area (Å²) >= 11 is 0. The topological polar surface area (TPSA) is 192 Å². The minimum atomic E-state index is -5.01. The van der Waals surface area contributed by atoms with Crippen molar-refractivity contribution < 1.29 is 58.3 Å². The minimum absolute atomic E-state index is 0.0672. The summed E-state index contributed by atoms with van der Waals surface area (Å²) in [6, 6.07) is 0. The molecule has 1 aliphatic rings. The summed E-state index contributed by atoms with van der Waals surface area (Å²) in [7, 11) is -5.01. The molecular formula is C52H103O12P. The molecule has 0 bridgehead atoms. The van der Waals surface area contributed by atoms with Crippen LogP contribution in [-0.4, -0.2) is 98.9 Å². The first kappa shape index (κ1) is 62.4. The Morgan fingerprint density at radius 3 is 1.06 bits per heavy atom. The average Bonchev–Trinajstić information content (AvgIpc) is 3.29. The van der Waals surface area contributed by atoms with Crippen LogP contribution in [-0.2, 0) is 27.9 Å². The molecule has 0 aromatic carbocycles. The average molecular weight is 951 g/mol. The zero-order chi connectivity index (χ0) is 47.6. The molecule has 65 heavy (non-hydrogen) atoms. The fourth-order valence-electron chi connectivity index (χ4n) is 8.89. The minimum Gasteiger partial charge on any atom is -0.457 e. The molecule has 6 unspecified atom stereocenters. The van der Waals surface area contributed by atoms with E-state index in [1.54, 1.807) is 0 Å². The first-order valence-electron chi connectivity index (χ1n) is 27.4.